The maximum Gasteiger partial charge on any atom is 0.197 e. The lowest BCUT2D eigenvalue weighted by atomic mass is 9.88. The van der Waals surface area contributed by atoms with Crippen LogP contribution in [0.3, 0.4) is 0 Å². The number of rotatable bonds is 6. The number of hydrogen-bond donors (Lipinski definition) is 1. The molecule has 0 amide bonds. The third kappa shape index (κ3) is 3.61. The molecule has 1 unspecified atom stereocenters. The summed E-state index contributed by atoms with van der Waals surface area (Å²) in [6, 6.07) is 4.58. The van der Waals surface area contributed by atoms with Crippen LogP contribution < -0.4 is 0 Å². The number of hydrogen-bond acceptors (Lipinski definition) is 4. The highest BCUT2D eigenvalue weighted by Crippen LogP contribution is 2.28. The predicted molar refractivity (Wildman–Crippen MR) is 80.7 cm³/mol. The minimum Gasteiger partial charge on any atom is -0.380 e. The van der Waals surface area contributed by atoms with Crippen LogP contribution >= 0.6 is 23.2 Å². The highest BCUT2D eigenvalue weighted by Gasteiger charge is 2.37. The van der Waals surface area contributed by atoms with Gasteiger partial charge in [0, 0.05) is 10.6 Å². The van der Waals surface area contributed by atoms with E-state index in [2.05, 4.69) is 10.1 Å². The third-order valence-corrected chi connectivity index (χ3v) is 3.70. The molecule has 0 radical (unpaired) electrons. The molecule has 2 rings (SSSR count). The first-order chi connectivity index (χ1) is 9.96. The molecular formula is C14H15Cl2N3O2. The minimum atomic E-state index is -1.58. The van der Waals surface area contributed by atoms with Crippen molar-refractivity contribution >= 4 is 29.0 Å². The van der Waals surface area contributed by atoms with E-state index in [0.717, 1.165) is 0 Å². The molecule has 0 saturated carbocycles. The summed E-state index contributed by atoms with van der Waals surface area (Å²) in [7, 11) is 0. The summed E-state index contributed by atoms with van der Waals surface area (Å²) in [6.07, 6.45) is 3.75. The lowest BCUT2D eigenvalue weighted by Gasteiger charge is -2.26. The van der Waals surface area contributed by atoms with Gasteiger partial charge in [0.05, 0.1) is 11.6 Å². The van der Waals surface area contributed by atoms with Crippen molar-refractivity contribution in [2.45, 2.75) is 31.9 Å². The molecule has 7 heteroatoms. The van der Waals surface area contributed by atoms with Crippen molar-refractivity contribution in [1.82, 2.24) is 14.8 Å². The van der Waals surface area contributed by atoms with Crippen molar-refractivity contribution in [1.29, 1.82) is 0 Å². The summed E-state index contributed by atoms with van der Waals surface area (Å²) in [5.74, 6) is -0.443. The summed E-state index contributed by atoms with van der Waals surface area (Å²) in [5.41, 5.74) is -1.34. The Balaban J connectivity index is 2.34. The number of Topliss-reactive ketones (excluding diaryl/α,β-unsaturated/α-hetero) is 1. The van der Waals surface area contributed by atoms with Gasteiger partial charge in [0.1, 0.15) is 18.3 Å². The second kappa shape index (κ2) is 6.56. The van der Waals surface area contributed by atoms with Crippen LogP contribution in [0.15, 0.2) is 30.9 Å². The summed E-state index contributed by atoms with van der Waals surface area (Å²) in [5, 5.41) is 15.4. The van der Waals surface area contributed by atoms with E-state index in [0.29, 0.717) is 17.9 Å². The molecule has 0 saturated heterocycles. The number of carbonyl (C=O) groups is 1. The molecule has 112 valence electrons. The van der Waals surface area contributed by atoms with Crippen molar-refractivity contribution in [2.24, 2.45) is 0 Å². The molecule has 2 aromatic rings. The van der Waals surface area contributed by atoms with E-state index < -0.39 is 11.4 Å². The molecule has 1 heterocycles. The molecule has 0 aliphatic carbocycles. The summed E-state index contributed by atoms with van der Waals surface area (Å²) < 4.78 is 1.43. The maximum atomic E-state index is 12.7. The van der Waals surface area contributed by atoms with Crippen LogP contribution in [-0.2, 0) is 6.54 Å². The van der Waals surface area contributed by atoms with E-state index in [1.165, 1.54) is 29.5 Å². The molecule has 0 bridgehead atoms. The highest BCUT2D eigenvalue weighted by atomic mass is 35.5. The first-order valence-electron chi connectivity index (χ1n) is 6.51. The molecule has 0 aliphatic rings. The van der Waals surface area contributed by atoms with E-state index >= 15 is 0 Å². The van der Waals surface area contributed by atoms with Crippen molar-refractivity contribution in [2.75, 3.05) is 0 Å². The van der Waals surface area contributed by atoms with Gasteiger partial charge in [-0.2, -0.15) is 5.10 Å². The standard InChI is InChI=1S/C14H15Cl2N3O2/c1-2-5-14(21,7-19-9-17-8-18-19)13(20)11-4-3-10(15)6-12(11)16/h3-4,6,8-9,21H,2,5,7H2,1H3. The Morgan fingerprint density at radius 3 is 2.76 bits per heavy atom. The van der Waals surface area contributed by atoms with Crippen LogP contribution in [0.4, 0.5) is 0 Å². The number of halogens is 2. The molecule has 1 aromatic heterocycles. The predicted octanol–water partition coefficient (Wildman–Crippen LogP) is 3.00. The second-order valence-corrected chi connectivity index (χ2v) is 5.67. The van der Waals surface area contributed by atoms with Crippen LogP contribution in [0.2, 0.25) is 10.0 Å². The molecule has 0 fully saturated rings. The smallest absolute Gasteiger partial charge is 0.197 e. The van der Waals surface area contributed by atoms with Gasteiger partial charge in [-0.05, 0) is 24.6 Å². The number of ketones is 1. The van der Waals surface area contributed by atoms with Gasteiger partial charge in [-0.1, -0.05) is 36.5 Å². The largest absolute Gasteiger partial charge is 0.380 e. The quantitative estimate of drug-likeness (QED) is 0.828. The summed E-state index contributed by atoms with van der Waals surface area (Å²) >= 11 is 11.9. The van der Waals surface area contributed by atoms with Gasteiger partial charge >= 0.3 is 0 Å². The number of aliphatic hydroxyl groups is 1. The molecule has 5 nitrogen and oxygen atoms in total. The van der Waals surface area contributed by atoms with Crippen LogP contribution in [0.5, 0.6) is 0 Å². The van der Waals surface area contributed by atoms with Crippen LogP contribution in [0.1, 0.15) is 30.1 Å². The van der Waals surface area contributed by atoms with E-state index in [9.17, 15) is 9.90 Å². The lowest BCUT2D eigenvalue weighted by Crippen LogP contribution is -2.43. The molecule has 1 N–H and O–H groups in total. The normalized spacial score (nSPS) is 13.9. The lowest BCUT2D eigenvalue weighted by molar-refractivity contribution is 0.0153. The fourth-order valence-electron chi connectivity index (χ4n) is 2.18. The molecule has 1 atom stereocenters. The zero-order valence-electron chi connectivity index (χ0n) is 11.5. The Morgan fingerprint density at radius 2 is 2.19 bits per heavy atom. The van der Waals surface area contributed by atoms with Gasteiger partial charge in [0.25, 0.3) is 0 Å². The average molecular weight is 328 g/mol. The molecule has 21 heavy (non-hydrogen) atoms. The van der Waals surface area contributed by atoms with Crippen LogP contribution in [0, 0.1) is 0 Å². The highest BCUT2D eigenvalue weighted by molar-refractivity contribution is 6.37. The van der Waals surface area contributed by atoms with Gasteiger partial charge in [-0.3, -0.25) is 4.79 Å². The maximum absolute atomic E-state index is 12.7. The summed E-state index contributed by atoms with van der Waals surface area (Å²) in [6.45, 7) is 1.92. The van der Waals surface area contributed by atoms with Crippen molar-refractivity contribution < 1.29 is 9.90 Å². The Hall–Kier alpha value is -1.43. The number of carbonyl (C=O) groups excluding carboxylic acids is 1. The topological polar surface area (TPSA) is 68.0 Å². The van der Waals surface area contributed by atoms with Gasteiger partial charge in [0.15, 0.2) is 5.78 Å². The van der Waals surface area contributed by atoms with E-state index in [1.54, 1.807) is 6.07 Å². The van der Waals surface area contributed by atoms with Crippen molar-refractivity contribution in [3.63, 3.8) is 0 Å². The second-order valence-electron chi connectivity index (χ2n) is 4.83. The SMILES string of the molecule is CCCC(O)(Cn1cncn1)C(=O)c1ccc(Cl)cc1Cl. The minimum absolute atomic E-state index is 0.0264. The van der Waals surface area contributed by atoms with Gasteiger partial charge < -0.3 is 5.11 Å². The number of benzene rings is 1. The molecule has 0 aliphatic heterocycles. The van der Waals surface area contributed by atoms with Gasteiger partial charge in [-0.25, -0.2) is 9.67 Å². The van der Waals surface area contributed by atoms with E-state index in [1.807, 2.05) is 6.92 Å². The number of nitrogens with zero attached hydrogens (tertiary/aromatic N) is 3. The molecule has 0 spiro atoms. The monoisotopic (exact) mass is 327 g/mol. The zero-order chi connectivity index (χ0) is 15.5. The third-order valence-electron chi connectivity index (χ3n) is 3.15. The Bertz CT molecular complexity index is 631. The fraction of sp³-hybridized carbons (Fsp3) is 0.357. The molecule has 1 aromatic carbocycles. The molecular weight excluding hydrogens is 313 g/mol. The summed E-state index contributed by atoms with van der Waals surface area (Å²) in [4.78, 5) is 16.5. The number of aromatic nitrogens is 3. The Kier molecular flexibility index (Phi) is 4.98. The van der Waals surface area contributed by atoms with Gasteiger partial charge in [-0.15, -0.1) is 0 Å². The first kappa shape index (κ1) is 15.9. The first-order valence-corrected chi connectivity index (χ1v) is 7.26. The average Bonchev–Trinajstić information content (AvgIpc) is 2.91. The Morgan fingerprint density at radius 1 is 1.43 bits per heavy atom. The fourth-order valence-corrected chi connectivity index (χ4v) is 2.68. The zero-order valence-corrected chi connectivity index (χ0v) is 13.0. The Labute approximate surface area is 132 Å². The van der Waals surface area contributed by atoms with Crippen LogP contribution in [0.25, 0.3) is 0 Å². The van der Waals surface area contributed by atoms with Crippen molar-refractivity contribution in [3.8, 4) is 0 Å². The van der Waals surface area contributed by atoms with Gasteiger partial charge in [0.2, 0.25) is 0 Å². The van der Waals surface area contributed by atoms with E-state index in [-0.39, 0.29) is 17.1 Å². The van der Waals surface area contributed by atoms with Crippen molar-refractivity contribution in [3.05, 3.63) is 46.5 Å². The van der Waals surface area contributed by atoms with E-state index in [4.69, 9.17) is 23.2 Å². The van der Waals surface area contributed by atoms with Crippen LogP contribution in [-0.4, -0.2) is 31.3 Å².